The molecule has 1 fully saturated rings. The third-order valence-corrected chi connectivity index (χ3v) is 6.33. The number of aryl methyl sites for hydroxylation is 2. The maximum Gasteiger partial charge on any atom is 0.281 e. The molecule has 0 radical (unpaired) electrons. The Balaban J connectivity index is 1.36. The highest BCUT2D eigenvalue weighted by molar-refractivity contribution is 7.80. The van der Waals surface area contributed by atoms with Crippen molar-refractivity contribution in [1.82, 2.24) is 5.32 Å². The molecule has 1 aliphatic heterocycles. The van der Waals surface area contributed by atoms with Crippen LogP contribution in [0.3, 0.4) is 0 Å². The van der Waals surface area contributed by atoms with E-state index in [1.54, 1.807) is 13.2 Å². The molecule has 7 heteroatoms. The number of methoxy groups -OCH3 is 1. The number of amides is 1. The Kier molecular flexibility index (Phi) is 6.02. The Morgan fingerprint density at radius 1 is 1.06 bits per heavy atom. The van der Waals surface area contributed by atoms with Crippen LogP contribution in [0.5, 0.6) is 11.5 Å². The number of hydrogen-bond acceptors (Lipinski definition) is 4. The summed E-state index contributed by atoms with van der Waals surface area (Å²) in [4.78, 5) is 14.3. The van der Waals surface area contributed by atoms with Gasteiger partial charge in [-0.3, -0.25) is 9.69 Å². The molecule has 1 N–H and O–H groups in total. The number of ether oxygens (including phenoxy) is 2. The number of fused-ring (bicyclic) bond motifs is 1. The number of nitrogens with one attached hydrogen (secondary N) is 1. The van der Waals surface area contributed by atoms with Gasteiger partial charge in [-0.2, -0.15) is 0 Å². The van der Waals surface area contributed by atoms with Crippen molar-refractivity contribution in [3.8, 4) is 11.5 Å². The van der Waals surface area contributed by atoms with Crippen molar-refractivity contribution in [2.75, 3.05) is 12.0 Å². The lowest BCUT2D eigenvalue weighted by atomic mass is 10.1. The molecule has 1 aliphatic carbocycles. The molecule has 0 atom stereocenters. The summed E-state index contributed by atoms with van der Waals surface area (Å²) in [5.41, 5.74) is 5.26. The monoisotopic (exact) mass is 474 g/mol. The third kappa shape index (κ3) is 4.39. The molecule has 0 unspecified atom stereocenters. The minimum Gasteiger partial charge on any atom is -0.496 e. The van der Waals surface area contributed by atoms with Gasteiger partial charge < -0.3 is 14.8 Å². The Morgan fingerprint density at radius 3 is 2.65 bits per heavy atom. The standard InChI is InChI=1S/C27H23FN2O3S/c1-32-25-12-5-17(13-20(25)16-33-23-11-6-18-3-2-4-19(18)15-23)14-24-26(31)30(27(34)29-24)22-9-7-21(28)8-10-22/h5-15H,2-4,16H2,1H3,(H,29,34)/b24-14+. The predicted octanol–water partition coefficient (Wildman–Crippen LogP) is 5.16. The van der Waals surface area contributed by atoms with E-state index in [0.717, 1.165) is 29.7 Å². The SMILES string of the molecule is COc1ccc(/C=C2/NC(=S)N(c3ccc(F)cc3)C2=O)cc1COc1ccc2c(c1)CCC2. The molecule has 3 aromatic carbocycles. The second kappa shape index (κ2) is 9.27. The van der Waals surface area contributed by atoms with Crippen molar-refractivity contribution in [3.05, 3.63) is 94.4 Å². The molecule has 0 aromatic heterocycles. The van der Waals surface area contributed by atoms with Crippen molar-refractivity contribution in [1.29, 1.82) is 0 Å². The van der Waals surface area contributed by atoms with Crippen LogP contribution in [0.1, 0.15) is 28.7 Å². The molecule has 5 rings (SSSR count). The first kappa shape index (κ1) is 22.1. The highest BCUT2D eigenvalue weighted by Crippen LogP contribution is 2.29. The first-order chi connectivity index (χ1) is 16.5. The van der Waals surface area contributed by atoms with Gasteiger partial charge in [0.15, 0.2) is 5.11 Å². The Labute approximate surface area is 202 Å². The van der Waals surface area contributed by atoms with Gasteiger partial charge in [-0.1, -0.05) is 12.1 Å². The van der Waals surface area contributed by atoms with Crippen LogP contribution in [-0.2, 0) is 24.2 Å². The quantitative estimate of drug-likeness (QED) is 0.395. The predicted molar refractivity (Wildman–Crippen MR) is 133 cm³/mol. The largest absolute Gasteiger partial charge is 0.496 e. The smallest absolute Gasteiger partial charge is 0.281 e. The van der Waals surface area contributed by atoms with Gasteiger partial charge in [0, 0.05) is 5.56 Å². The number of nitrogens with zero attached hydrogens (tertiary/aromatic N) is 1. The topological polar surface area (TPSA) is 50.8 Å². The van der Waals surface area contributed by atoms with Gasteiger partial charge in [-0.05, 0) is 103 Å². The van der Waals surface area contributed by atoms with Crippen molar-refractivity contribution in [2.24, 2.45) is 0 Å². The summed E-state index contributed by atoms with van der Waals surface area (Å²) in [6, 6.07) is 17.5. The Morgan fingerprint density at radius 2 is 1.85 bits per heavy atom. The van der Waals surface area contributed by atoms with Crippen molar-refractivity contribution >= 4 is 35.0 Å². The number of carbonyl (C=O) groups excluding carboxylic acids is 1. The highest BCUT2D eigenvalue weighted by Gasteiger charge is 2.32. The van der Waals surface area contributed by atoms with Gasteiger partial charge in [0.05, 0.1) is 12.8 Å². The molecule has 1 saturated heterocycles. The van der Waals surface area contributed by atoms with E-state index in [2.05, 4.69) is 17.4 Å². The normalized spacial score (nSPS) is 16.1. The van der Waals surface area contributed by atoms with E-state index < -0.39 is 0 Å². The van der Waals surface area contributed by atoms with Crippen LogP contribution < -0.4 is 19.7 Å². The summed E-state index contributed by atoms with van der Waals surface area (Å²) in [5.74, 6) is 0.859. The van der Waals surface area contributed by atoms with E-state index in [1.165, 1.54) is 46.7 Å². The number of benzene rings is 3. The van der Waals surface area contributed by atoms with E-state index in [4.69, 9.17) is 21.7 Å². The van der Waals surface area contributed by atoms with Crippen LogP contribution in [0.15, 0.2) is 66.4 Å². The second-order valence-corrected chi connectivity index (χ2v) is 8.64. The summed E-state index contributed by atoms with van der Waals surface area (Å²) >= 11 is 5.34. The molecule has 0 bridgehead atoms. The Bertz CT molecular complexity index is 1300. The number of anilines is 1. The number of thiocarbonyl (C=S) groups is 1. The zero-order chi connectivity index (χ0) is 23.7. The molecule has 172 valence electrons. The van der Waals surface area contributed by atoms with Crippen LogP contribution in [0, 0.1) is 5.82 Å². The van der Waals surface area contributed by atoms with E-state index >= 15 is 0 Å². The van der Waals surface area contributed by atoms with Crippen molar-refractivity contribution in [2.45, 2.75) is 25.9 Å². The van der Waals surface area contributed by atoms with E-state index in [-0.39, 0.29) is 16.8 Å². The van der Waals surface area contributed by atoms with Gasteiger partial charge in [-0.25, -0.2) is 4.39 Å². The summed E-state index contributed by atoms with van der Waals surface area (Å²) < 4.78 is 24.9. The first-order valence-corrected chi connectivity index (χ1v) is 11.5. The van der Waals surface area contributed by atoms with Gasteiger partial charge in [0.1, 0.15) is 29.6 Å². The average Bonchev–Trinajstić information content (AvgIpc) is 3.42. The average molecular weight is 475 g/mol. The molecule has 5 nitrogen and oxygen atoms in total. The maximum atomic E-state index is 13.3. The van der Waals surface area contributed by atoms with Crippen LogP contribution >= 0.6 is 12.2 Å². The van der Waals surface area contributed by atoms with Gasteiger partial charge >= 0.3 is 0 Å². The van der Waals surface area contributed by atoms with Crippen LogP contribution in [0.25, 0.3) is 6.08 Å². The lowest BCUT2D eigenvalue weighted by Crippen LogP contribution is -2.30. The van der Waals surface area contributed by atoms with E-state index in [0.29, 0.717) is 23.7 Å². The molecule has 1 amide bonds. The van der Waals surface area contributed by atoms with Gasteiger partial charge in [0.2, 0.25) is 0 Å². The number of halogens is 1. The van der Waals surface area contributed by atoms with Crippen molar-refractivity contribution in [3.63, 3.8) is 0 Å². The third-order valence-electron chi connectivity index (χ3n) is 6.04. The molecule has 0 spiro atoms. The molecule has 1 heterocycles. The molecular weight excluding hydrogens is 451 g/mol. The fraction of sp³-hybridized carbons (Fsp3) is 0.185. The molecule has 0 saturated carbocycles. The minimum absolute atomic E-state index is 0.247. The van der Waals surface area contributed by atoms with Crippen molar-refractivity contribution < 1.29 is 18.7 Å². The summed E-state index contributed by atoms with van der Waals surface area (Å²) in [7, 11) is 1.62. The zero-order valence-electron chi connectivity index (χ0n) is 18.6. The number of hydrogen-bond donors (Lipinski definition) is 1. The summed E-state index contributed by atoms with van der Waals surface area (Å²) in [6.07, 6.45) is 5.15. The zero-order valence-corrected chi connectivity index (χ0v) is 19.5. The number of rotatable bonds is 6. The minimum atomic E-state index is -0.377. The second-order valence-electron chi connectivity index (χ2n) is 8.25. The maximum absolute atomic E-state index is 13.3. The molecule has 3 aromatic rings. The summed E-state index contributed by atoms with van der Waals surface area (Å²) in [5, 5.41) is 3.20. The molecule has 2 aliphatic rings. The lowest BCUT2D eigenvalue weighted by Gasteiger charge is -2.13. The lowest BCUT2D eigenvalue weighted by molar-refractivity contribution is -0.113. The van der Waals surface area contributed by atoms with E-state index in [1.807, 2.05) is 24.3 Å². The molecule has 34 heavy (non-hydrogen) atoms. The van der Waals surface area contributed by atoms with Crippen LogP contribution in [0.2, 0.25) is 0 Å². The van der Waals surface area contributed by atoms with Crippen LogP contribution in [0.4, 0.5) is 10.1 Å². The summed E-state index contributed by atoms with van der Waals surface area (Å²) in [6.45, 7) is 0.334. The number of carbonyl (C=O) groups is 1. The van der Waals surface area contributed by atoms with E-state index in [9.17, 15) is 9.18 Å². The van der Waals surface area contributed by atoms with Gasteiger partial charge in [-0.15, -0.1) is 0 Å². The van der Waals surface area contributed by atoms with Crippen LogP contribution in [-0.4, -0.2) is 18.1 Å². The fourth-order valence-corrected chi connectivity index (χ4v) is 4.62. The Hall–Kier alpha value is -3.71. The first-order valence-electron chi connectivity index (χ1n) is 11.1. The van der Waals surface area contributed by atoms with Gasteiger partial charge in [0.25, 0.3) is 5.91 Å². The molecular formula is C27H23FN2O3S. The fourth-order valence-electron chi connectivity index (χ4n) is 4.33. The highest BCUT2D eigenvalue weighted by atomic mass is 32.1.